The normalized spacial score (nSPS) is 11.6. The maximum absolute atomic E-state index is 13.0. The topological polar surface area (TPSA) is 74.0 Å². The van der Waals surface area contributed by atoms with Crippen molar-refractivity contribution in [1.29, 1.82) is 0 Å². The maximum atomic E-state index is 13.0. The highest BCUT2D eigenvalue weighted by Crippen LogP contribution is 2.42. The van der Waals surface area contributed by atoms with Crippen molar-refractivity contribution in [3.8, 4) is 17.2 Å². The molecule has 3 rings (SSSR count). The lowest BCUT2D eigenvalue weighted by Crippen LogP contribution is -2.06. The summed E-state index contributed by atoms with van der Waals surface area (Å²) in [5.41, 5.74) is 0.282. The predicted molar refractivity (Wildman–Crippen MR) is 127 cm³/mol. The van der Waals surface area contributed by atoms with Gasteiger partial charge in [-0.1, -0.05) is 17.7 Å². The molecule has 3 aromatic carbocycles. The molecule has 0 aromatic heterocycles. The van der Waals surface area contributed by atoms with Gasteiger partial charge in [0.2, 0.25) is 5.75 Å². The van der Waals surface area contributed by atoms with E-state index in [1.807, 2.05) is 35.6 Å². The number of hydrogen-bond acceptors (Lipinski definition) is 5. The van der Waals surface area contributed by atoms with E-state index >= 15 is 0 Å². The maximum Gasteiger partial charge on any atom is 0.416 e. The van der Waals surface area contributed by atoms with Gasteiger partial charge in [-0.15, -0.1) is 0 Å². The lowest BCUT2D eigenvalue weighted by Gasteiger charge is -2.14. The number of benzene rings is 3. The van der Waals surface area contributed by atoms with E-state index in [4.69, 9.17) is 21.1 Å². The number of aliphatic imine (C=N–C) groups is 1. The second-order valence-electron chi connectivity index (χ2n) is 6.76. The standard InChI is InChI=1S/C22H15ClF3IN2O4/c1-12-3-5-15(23)10-17(12)28-11-13-7-16(27)21(20(8-13)32-2)33-19-6-4-14(22(24,25)26)9-18(19)29(30)31/h3-11H,1-2H3. The molecular formula is C22H15ClF3IN2O4. The van der Waals surface area contributed by atoms with Crippen LogP contribution in [-0.2, 0) is 6.18 Å². The molecule has 0 saturated heterocycles. The van der Waals surface area contributed by atoms with E-state index in [0.717, 1.165) is 17.7 Å². The summed E-state index contributed by atoms with van der Waals surface area (Å²) in [6, 6.07) is 10.7. The third kappa shape index (κ3) is 5.93. The minimum atomic E-state index is -4.72. The molecule has 0 unspecified atom stereocenters. The van der Waals surface area contributed by atoms with Crippen LogP contribution in [0.4, 0.5) is 24.5 Å². The number of rotatable bonds is 6. The van der Waals surface area contributed by atoms with Gasteiger partial charge in [0.15, 0.2) is 11.5 Å². The van der Waals surface area contributed by atoms with Crippen molar-refractivity contribution >= 4 is 51.8 Å². The second-order valence-corrected chi connectivity index (χ2v) is 8.36. The molecule has 6 nitrogen and oxygen atoms in total. The van der Waals surface area contributed by atoms with Gasteiger partial charge in [-0.05, 0) is 77.0 Å². The Hall–Kier alpha value is -2.86. The van der Waals surface area contributed by atoms with E-state index in [0.29, 0.717) is 25.9 Å². The summed E-state index contributed by atoms with van der Waals surface area (Å²) in [5.74, 6) is -0.00223. The largest absolute Gasteiger partial charge is 0.493 e. The molecule has 0 aliphatic carbocycles. The number of ether oxygens (including phenoxy) is 2. The molecule has 11 heteroatoms. The fraction of sp³-hybridized carbons (Fsp3) is 0.136. The van der Waals surface area contributed by atoms with Crippen molar-refractivity contribution in [2.24, 2.45) is 4.99 Å². The molecule has 0 saturated carbocycles. The lowest BCUT2D eigenvalue weighted by molar-refractivity contribution is -0.385. The Bertz CT molecular complexity index is 1250. The van der Waals surface area contributed by atoms with Crippen molar-refractivity contribution in [2.75, 3.05) is 7.11 Å². The summed E-state index contributed by atoms with van der Waals surface area (Å²) in [4.78, 5) is 14.9. The monoisotopic (exact) mass is 590 g/mol. The SMILES string of the molecule is COc1cc(C=Nc2cc(Cl)ccc2C)cc(I)c1Oc1ccc(C(F)(F)F)cc1[N+](=O)[O-]. The number of nitrogens with zero attached hydrogens (tertiary/aromatic N) is 2. The molecular weight excluding hydrogens is 576 g/mol. The summed E-state index contributed by atoms with van der Waals surface area (Å²) in [5, 5.41) is 11.9. The third-order valence-corrected chi connectivity index (χ3v) is 5.51. The van der Waals surface area contributed by atoms with Crippen LogP contribution < -0.4 is 9.47 Å². The Balaban J connectivity index is 1.98. The highest BCUT2D eigenvalue weighted by atomic mass is 127. The lowest BCUT2D eigenvalue weighted by atomic mass is 10.1. The molecule has 0 aliphatic rings. The number of hydrogen-bond donors (Lipinski definition) is 0. The number of nitro groups is 1. The quantitative estimate of drug-likeness (QED) is 0.127. The number of alkyl halides is 3. The van der Waals surface area contributed by atoms with E-state index in [1.165, 1.54) is 7.11 Å². The van der Waals surface area contributed by atoms with Crippen LogP contribution in [0.5, 0.6) is 17.2 Å². The average Bonchev–Trinajstić information content (AvgIpc) is 2.75. The Labute approximate surface area is 205 Å². The van der Waals surface area contributed by atoms with Gasteiger partial charge < -0.3 is 9.47 Å². The minimum absolute atomic E-state index is 0.122. The van der Waals surface area contributed by atoms with Crippen LogP contribution in [0.15, 0.2) is 53.5 Å². The fourth-order valence-electron chi connectivity index (χ4n) is 2.81. The molecule has 0 bridgehead atoms. The smallest absolute Gasteiger partial charge is 0.416 e. The van der Waals surface area contributed by atoms with Gasteiger partial charge in [-0.3, -0.25) is 15.1 Å². The Morgan fingerprint density at radius 2 is 1.85 bits per heavy atom. The molecule has 0 N–H and O–H groups in total. The highest BCUT2D eigenvalue weighted by molar-refractivity contribution is 14.1. The van der Waals surface area contributed by atoms with Crippen LogP contribution >= 0.6 is 34.2 Å². The predicted octanol–water partition coefficient (Wildman–Crippen LogP) is 7.73. The Morgan fingerprint density at radius 1 is 1.12 bits per heavy atom. The van der Waals surface area contributed by atoms with E-state index < -0.39 is 22.4 Å². The van der Waals surface area contributed by atoms with E-state index in [9.17, 15) is 23.3 Å². The number of methoxy groups -OCH3 is 1. The number of nitro benzene ring substituents is 1. The first-order valence-electron chi connectivity index (χ1n) is 9.21. The van der Waals surface area contributed by atoms with Crippen LogP contribution in [0, 0.1) is 20.6 Å². The first-order valence-corrected chi connectivity index (χ1v) is 10.7. The fourth-order valence-corrected chi connectivity index (χ4v) is 3.71. The zero-order chi connectivity index (χ0) is 24.3. The molecule has 0 fully saturated rings. The van der Waals surface area contributed by atoms with Gasteiger partial charge in [0.1, 0.15) is 0 Å². The summed E-state index contributed by atoms with van der Waals surface area (Å²) in [7, 11) is 1.38. The number of halogens is 5. The Morgan fingerprint density at radius 3 is 2.48 bits per heavy atom. The summed E-state index contributed by atoms with van der Waals surface area (Å²) in [6.07, 6.45) is -3.13. The van der Waals surface area contributed by atoms with Crippen molar-refractivity contribution in [2.45, 2.75) is 13.1 Å². The van der Waals surface area contributed by atoms with E-state index in [2.05, 4.69) is 4.99 Å². The first-order chi connectivity index (χ1) is 15.5. The van der Waals surface area contributed by atoms with Crippen molar-refractivity contribution in [1.82, 2.24) is 0 Å². The van der Waals surface area contributed by atoms with Gasteiger partial charge >= 0.3 is 11.9 Å². The van der Waals surface area contributed by atoms with Crippen molar-refractivity contribution < 1.29 is 27.6 Å². The molecule has 3 aromatic rings. The van der Waals surface area contributed by atoms with Gasteiger partial charge in [-0.2, -0.15) is 13.2 Å². The summed E-state index contributed by atoms with van der Waals surface area (Å²) < 4.78 is 50.4. The van der Waals surface area contributed by atoms with Crippen molar-refractivity contribution in [3.63, 3.8) is 0 Å². The first kappa shape index (κ1) is 24.8. The summed E-state index contributed by atoms with van der Waals surface area (Å²) >= 11 is 7.96. The van der Waals surface area contributed by atoms with E-state index in [-0.39, 0.29) is 17.2 Å². The third-order valence-electron chi connectivity index (χ3n) is 4.47. The zero-order valence-corrected chi connectivity index (χ0v) is 20.0. The van der Waals surface area contributed by atoms with Crippen LogP contribution in [0.2, 0.25) is 5.02 Å². The second kappa shape index (κ2) is 9.96. The molecule has 0 radical (unpaired) electrons. The molecule has 0 amide bonds. The zero-order valence-electron chi connectivity index (χ0n) is 17.1. The highest BCUT2D eigenvalue weighted by Gasteiger charge is 2.33. The van der Waals surface area contributed by atoms with Gasteiger partial charge in [0.25, 0.3) is 0 Å². The molecule has 33 heavy (non-hydrogen) atoms. The van der Waals surface area contributed by atoms with Gasteiger partial charge in [0, 0.05) is 17.3 Å². The van der Waals surface area contributed by atoms with Crippen LogP contribution in [0.3, 0.4) is 0 Å². The number of aryl methyl sites for hydroxylation is 1. The van der Waals surface area contributed by atoms with Gasteiger partial charge in [0.05, 0.1) is 26.9 Å². The Kier molecular flexibility index (Phi) is 7.48. The van der Waals surface area contributed by atoms with E-state index in [1.54, 1.807) is 30.5 Å². The van der Waals surface area contributed by atoms with Crippen molar-refractivity contribution in [3.05, 3.63) is 83.9 Å². The molecule has 0 heterocycles. The molecule has 0 atom stereocenters. The summed E-state index contributed by atoms with van der Waals surface area (Å²) in [6.45, 7) is 1.89. The van der Waals surface area contributed by atoms with Crippen LogP contribution in [-0.4, -0.2) is 18.2 Å². The van der Waals surface area contributed by atoms with Gasteiger partial charge in [-0.25, -0.2) is 0 Å². The van der Waals surface area contributed by atoms with Crippen LogP contribution in [0.25, 0.3) is 0 Å². The average molecular weight is 591 g/mol. The van der Waals surface area contributed by atoms with Crippen LogP contribution in [0.1, 0.15) is 16.7 Å². The molecule has 172 valence electrons. The molecule has 0 aliphatic heterocycles. The molecule has 0 spiro atoms. The minimum Gasteiger partial charge on any atom is -0.493 e.